The van der Waals surface area contributed by atoms with Gasteiger partial charge in [0.1, 0.15) is 11.0 Å². The van der Waals surface area contributed by atoms with Crippen molar-refractivity contribution in [2.24, 2.45) is 0 Å². The molecule has 0 saturated carbocycles. The predicted molar refractivity (Wildman–Crippen MR) is 85.5 cm³/mol. The second-order valence-corrected chi connectivity index (χ2v) is 5.46. The molecule has 22 heavy (non-hydrogen) atoms. The Balaban J connectivity index is 2.47. The lowest BCUT2D eigenvalue weighted by atomic mass is 10.0. The van der Waals surface area contributed by atoms with E-state index in [2.05, 4.69) is 0 Å². The molecule has 0 aliphatic carbocycles. The van der Waals surface area contributed by atoms with Gasteiger partial charge in [-0.3, -0.25) is 0 Å². The predicted octanol–water partition coefficient (Wildman–Crippen LogP) is 3.67. The molecule has 0 aliphatic rings. The number of benzene rings is 2. The largest absolute Gasteiger partial charge is 0.463 e. The van der Waals surface area contributed by atoms with E-state index in [1.807, 2.05) is 37.3 Å². The number of hydrogen-bond acceptors (Lipinski definition) is 4. The van der Waals surface area contributed by atoms with Gasteiger partial charge in [0.2, 0.25) is 0 Å². The van der Waals surface area contributed by atoms with E-state index < -0.39 is 11.3 Å². The van der Waals surface area contributed by atoms with Gasteiger partial charge in [-0.05, 0) is 36.2 Å². The van der Waals surface area contributed by atoms with Gasteiger partial charge in [0.05, 0.1) is 11.6 Å². The number of rotatable bonds is 0. The Kier molecular flexibility index (Phi) is 2.51. The van der Waals surface area contributed by atoms with Crippen LogP contribution in [0.3, 0.4) is 0 Å². The van der Waals surface area contributed by atoms with Gasteiger partial charge in [0.15, 0.2) is 0 Å². The van der Waals surface area contributed by atoms with Crippen LogP contribution in [0.2, 0.25) is 0 Å². The van der Waals surface area contributed by atoms with Crippen molar-refractivity contribution in [3.63, 3.8) is 0 Å². The molecule has 0 aliphatic heterocycles. The first kappa shape index (κ1) is 12.8. The molecule has 0 unspecified atom stereocenters. The molecule has 0 fully saturated rings. The zero-order valence-electron chi connectivity index (χ0n) is 12.1. The van der Waals surface area contributed by atoms with Gasteiger partial charge in [-0.25, -0.2) is 9.59 Å². The van der Waals surface area contributed by atoms with E-state index in [1.165, 1.54) is 6.26 Å². The molecule has 4 heteroatoms. The highest BCUT2D eigenvalue weighted by Gasteiger charge is 2.15. The third-order valence-electron chi connectivity index (χ3n) is 4.09. The van der Waals surface area contributed by atoms with Crippen LogP contribution in [-0.2, 0) is 0 Å². The maximum absolute atomic E-state index is 12.4. The van der Waals surface area contributed by atoms with Crippen LogP contribution in [0.1, 0.15) is 11.1 Å². The summed E-state index contributed by atoms with van der Waals surface area (Å²) >= 11 is 0. The molecular weight excluding hydrogens is 280 g/mol. The van der Waals surface area contributed by atoms with Crippen molar-refractivity contribution >= 4 is 32.5 Å². The van der Waals surface area contributed by atoms with Crippen LogP contribution in [0.25, 0.3) is 32.5 Å². The summed E-state index contributed by atoms with van der Waals surface area (Å²) in [7, 11) is 0. The molecule has 0 atom stereocenters. The van der Waals surface area contributed by atoms with E-state index in [1.54, 1.807) is 6.92 Å². The smallest absolute Gasteiger partial charge is 0.350 e. The third kappa shape index (κ3) is 1.58. The quantitative estimate of drug-likeness (QED) is 0.496. The Morgan fingerprint density at radius 3 is 2.32 bits per heavy atom. The van der Waals surface area contributed by atoms with E-state index in [0.29, 0.717) is 27.3 Å². The molecule has 0 radical (unpaired) electrons. The van der Waals surface area contributed by atoms with Crippen LogP contribution in [0.5, 0.6) is 0 Å². The molecule has 0 bridgehead atoms. The monoisotopic (exact) mass is 292 g/mol. The fraction of sp³-hybridized carbons (Fsp3) is 0.111. The lowest BCUT2D eigenvalue weighted by molar-refractivity contribution is 0.491. The third-order valence-corrected chi connectivity index (χ3v) is 4.09. The van der Waals surface area contributed by atoms with Crippen molar-refractivity contribution in [3.8, 4) is 0 Å². The second kappa shape index (κ2) is 4.31. The van der Waals surface area contributed by atoms with Gasteiger partial charge >= 0.3 is 11.3 Å². The average Bonchev–Trinajstić information content (AvgIpc) is 2.83. The summed E-state index contributed by atoms with van der Waals surface area (Å²) in [6.45, 7) is 3.73. The molecular formula is C18H12O4. The Hall–Kier alpha value is -2.88. The zero-order valence-corrected chi connectivity index (χ0v) is 12.1. The minimum absolute atomic E-state index is 0.319. The van der Waals surface area contributed by atoms with E-state index in [-0.39, 0.29) is 0 Å². The first-order valence-electron chi connectivity index (χ1n) is 6.95. The second-order valence-electron chi connectivity index (χ2n) is 5.46. The zero-order chi connectivity index (χ0) is 15.4. The van der Waals surface area contributed by atoms with Crippen LogP contribution in [-0.4, -0.2) is 0 Å². The normalized spacial score (nSPS) is 11.5. The van der Waals surface area contributed by atoms with Crippen LogP contribution in [0.15, 0.2) is 55.0 Å². The van der Waals surface area contributed by atoms with Crippen molar-refractivity contribution in [2.45, 2.75) is 13.8 Å². The van der Waals surface area contributed by atoms with E-state index in [0.717, 1.165) is 16.3 Å². The molecule has 4 aromatic rings. The van der Waals surface area contributed by atoms with Crippen molar-refractivity contribution < 1.29 is 8.83 Å². The van der Waals surface area contributed by atoms with Crippen molar-refractivity contribution in [2.75, 3.05) is 0 Å². The highest BCUT2D eigenvalue weighted by molar-refractivity contribution is 6.14. The number of furan rings is 1. The lowest BCUT2D eigenvalue weighted by Crippen LogP contribution is -2.05. The fourth-order valence-electron chi connectivity index (χ4n) is 3.01. The van der Waals surface area contributed by atoms with E-state index in [9.17, 15) is 9.59 Å². The van der Waals surface area contributed by atoms with Crippen molar-refractivity contribution in [3.05, 3.63) is 68.6 Å². The maximum atomic E-state index is 12.4. The number of aryl methyl sites for hydroxylation is 2. The Morgan fingerprint density at radius 2 is 1.50 bits per heavy atom. The SMILES string of the molecule is Cc1cccc2c1ccc1c3occ(C)c3c(=O)oc(=O)c21. The van der Waals surface area contributed by atoms with Crippen molar-refractivity contribution in [1.29, 1.82) is 0 Å². The van der Waals surface area contributed by atoms with Crippen LogP contribution in [0.4, 0.5) is 0 Å². The summed E-state index contributed by atoms with van der Waals surface area (Å²) in [6, 6.07) is 9.46. The Bertz CT molecular complexity index is 1180. The molecule has 0 N–H and O–H groups in total. The van der Waals surface area contributed by atoms with Gasteiger partial charge < -0.3 is 8.83 Å². The van der Waals surface area contributed by atoms with Gasteiger partial charge in [0, 0.05) is 10.9 Å². The minimum atomic E-state index is -0.664. The van der Waals surface area contributed by atoms with E-state index in [4.69, 9.17) is 8.83 Å². The first-order chi connectivity index (χ1) is 10.6. The molecule has 4 rings (SSSR count). The summed E-state index contributed by atoms with van der Waals surface area (Å²) in [5.74, 6) is 0. The molecule has 2 aromatic carbocycles. The molecule has 108 valence electrons. The summed E-state index contributed by atoms with van der Waals surface area (Å²) in [6.07, 6.45) is 1.51. The van der Waals surface area contributed by atoms with Gasteiger partial charge in [0.25, 0.3) is 0 Å². The van der Waals surface area contributed by atoms with Crippen LogP contribution in [0, 0.1) is 13.8 Å². The molecule has 0 spiro atoms. The Morgan fingerprint density at radius 1 is 0.773 bits per heavy atom. The Labute approximate surface area is 124 Å². The standard InChI is InChI=1S/C18H12O4/c1-9-4-3-5-12-11(9)6-7-13-15(12)18(20)22-17(19)14-10(2)8-21-16(13)14/h3-8H,1-2H3. The molecule has 0 amide bonds. The summed E-state index contributed by atoms with van der Waals surface area (Å²) in [5.41, 5.74) is 0.807. The topological polar surface area (TPSA) is 60.4 Å². The van der Waals surface area contributed by atoms with Crippen LogP contribution < -0.4 is 11.3 Å². The lowest BCUT2D eigenvalue weighted by Gasteiger charge is -2.03. The maximum Gasteiger partial charge on any atom is 0.350 e. The van der Waals surface area contributed by atoms with Crippen LogP contribution >= 0.6 is 0 Å². The molecule has 4 nitrogen and oxygen atoms in total. The highest BCUT2D eigenvalue weighted by Crippen LogP contribution is 2.29. The number of fused-ring (bicyclic) bond motifs is 5. The van der Waals surface area contributed by atoms with Crippen molar-refractivity contribution in [1.82, 2.24) is 0 Å². The summed E-state index contributed by atoms with van der Waals surface area (Å²) in [5, 5.41) is 3.01. The fourth-order valence-corrected chi connectivity index (χ4v) is 3.01. The summed E-state index contributed by atoms with van der Waals surface area (Å²) in [4.78, 5) is 24.6. The molecule has 2 heterocycles. The minimum Gasteiger partial charge on any atom is -0.463 e. The van der Waals surface area contributed by atoms with Gasteiger partial charge in [-0.1, -0.05) is 24.3 Å². The molecule has 0 saturated heterocycles. The number of hydrogen-bond donors (Lipinski definition) is 0. The molecule has 2 aromatic heterocycles. The first-order valence-corrected chi connectivity index (χ1v) is 6.95. The van der Waals surface area contributed by atoms with Gasteiger partial charge in [-0.15, -0.1) is 0 Å². The average molecular weight is 292 g/mol. The summed E-state index contributed by atoms with van der Waals surface area (Å²) < 4.78 is 10.6. The highest BCUT2D eigenvalue weighted by atomic mass is 16.4. The van der Waals surface area contributed by atoms with Gasteiger partial charge in [-0.2, -0.15) is 0 Å². The van der Waals surface area contributed by atoms with E-state index >= 15 is 0 Å².